The Morgan fingerprint density at radius 2 is 2.17 bits per heavy atom. The van der Waals surface area contributed by atoms with E-state index >= 15 is 0 Å². The van der Waals surface area contributed by atoms with Gasteiger partial charge in [0.05, 0.1) is 0 Å². The van der Waals surface area contributed by atoms with E-state index in [0.29, 0.717) is 12.2 Å². The Morgan fingerprint density at radius 3 is 2.89 bits per heavy atom. The van der Waals surface area contributed by atoms with Crippen LogP contribution in [-0.4, -0.2) is 10.5 Å². The van der Waals surface area contributed by atoms with Crippen molar-refractivity contribution in [1.29, 1.82) is 0 Å². The van der Waals surface area contributed by atoms with Crippen molar-refractivity contribution in [2.45, 2.75) is 20.0 Å². The van der Waals surface area contributed by atoms with Crippen LogP contribution < -0.4 is 5.32 Å². The van der Waals surface area contributed by atoms with Crippen molar-refractivity contribution in [2.75, 3.05) is 0 Å². The van der Waals surface area contributed by atoms with Gasteiger partial charge in [-0.25, -0.2) is 0 Å². The van der Waals surface area contributed by atoms with Crippen LogP contribution in [0.15, 0.2) is 47.1 Å². The summed E-state index contributed by atoms with van der Waals surface area (Å²) in [5.41, 5.74) is 1.78. The first-order valence-corrected chi connectivity index (χ1v) is 6.68. The van der Waals surface area contributed by atoms with Crippen LogP contribution >= 0.6 is 15.9 Å². The van der Waals surface area contributed by atoms with Gasteiger partial charge in [-0.1, -0.05) is 28.1 Å². The minimum absolute atomic E-state index is 0.0400. The lowest BCUT2D eigenvalue weighted by molar-refractivity contribution is 0.0942. The first-order chi connectivity index (χ1) is 8.70. The zero-order chi connectivity index (χ0) is 13.0. The van der Waals surface area contributed by atoms with Gasteiger partial charge in [-0.2, -0.15) is 0 Å². The predicted octanol–water partition coefficient (Wildman–Crippen LogP) is 3.20. The summed E-state index contributed by atoms with van der Waals surface area (Å²) in [5, 5.41) is 2.92. The number of nitrogens with zero attached hydrogens (tertiary/aromatic N) is 1. The molecule has 1 aromatic carbocycles. The van der Waals surface area contributed by atoms with E-state index in [1.807, 2.05) is 54.1 Å². The summed E-state index contributed by atoms with van der Waals surface area (Å²) < 4.78 is 2.95. The highest BCUT2D eigenvalue weighted by Gasteiger charge is 2.09. The Labute approximate surface area is 115 Å². The summed E-state index contributed by atoms with van der Waals surface area (Å²) in [4.78, 5) is 12.0. The lowest BCUT2D eigenvalue weighted by Gasteiger charge is -2.08. The third-order valence-corrected chi connectivity index (χ3v) is 3.24. The summed E-state index contributed by atoms with van der Waals surface area (Å²) in [6, 6.07) is 11.6. The van der Waals surface area contributed by atoms with Crippen molar-refractivity contribution in [2.24, 2.45) is 0 Å². The Hall–Kier alpha value is -1.55. The van der Waals surface area contributed by atoms with Gasteiger partial charge >= 0.3 is 0 Å². The number of carbonyl (C=O) groups excluding carboxylic acids is 1. The lowest BCUT2D eigenvalue weighted by Crippen LogP contribution is -2.25. The molecule has 0 aliphatic rings. The minimum Gasteiger partial charge on any atom is -0.347 e. The van der Waals surface area contributed by atoms with Crippen LogP contribution in [0.1, 0.15) is 23.0 Å². The number of amides is 1. The molecule has 0 spiro atoms. The Balaban J connectivity index is 2.00. The zero-order valence-electron chi connectivity index (χ0n) is 10.2. The maximum atomic E-state index is 12.0. The van der Waals surface area contributed by atoms with Gasteiger partial charge in [0.15, 0.2) is 0 Å². The molecule has 0 saturated carbocycles. The number of aryl methyl sites for hydroxylation is 1. The van der Waals surface area contributed by atoms with E-state index in [-0.39, 0.29) is 5.91 Å². The fourth-order valence-corrected chi connectivity index (χ4v) is 2.26. The molecule has 94 valence electrons. The van der Waals surface area contributed by atoms with Gasteiger partial charge in [-0.15, -0.1) is 0 Å². The normalized spacial score (nSPS) is 10.3. The summed E-state index contributed by atoms with van der Waals surface area (Å²) in [5.74, 6) is -0.0400. The molecule has 3 nitrogen and oxygen atoms in total. The quantitative estimate of drug-likeness (QED) is 0.925. The molecule has 0 radical (unpaired) electrons. The summed E-state index contributed by atoms with van der Waals surface area (Å²) >= 11 is 3.41. The molecule has 18 heavy (non-hydrogen) atoms. The molecular formula is C14H15BrN2O. The summed E-state index contributed by atoms with van der Waals surface area (Å²) in [7, 11) is 0. The second kappa shape index (κ2) is 5.87. The zero-order valence-corrected chi connectivity index (χ0v) is 11.8. The number of carbonyl (C=O) groups is 1. The third kappa shape index (κ3) is 3.01. The van der Waals surface area contributed by atoms with E-state index < -0.39 is 0 Å². The van der Waals surface area contributed by atoms with E-state index in [4.69, 9.17) is 0 Å². The van der Waals surface area contributed by atoms with E-state index in [2.05, 4.69) is 21.2 Å². The fraction of sp³-hybridized carbons (Fsp3) is 0.214. The average Bonchev–Trinajstić information content (AvgIpc) is 2.84. The van der Waals surface area contributed by atoms with Gasteiger partial charge in [0.2, 0.25) is 0 Å². The largest absolute Gasteiger partial charge is 0.347 e. The Bertz CT molecular complexity index is 548. The maximum Gasteiger partial charge on any atom is 0.268 e. The number of hydrogen-bond acceptors (Lipinski definition) is 1. The smallest absolute Gasteiger partial charge is 0.268 e. The predicted molar refractivity (Wildman–Crippen MR) is 75.4 cm³/mol. The molecule has 0 unspecified atom stereocenters. The molecule has 2 rings (SSSR count). The molecule has 0 saturated heterocycles. The van der Waals surface area contributed by atoms with E-state index in [1.165, 1.54) is 0 Å². The SMILES string of the molecule is CCn1cccc1C(=O)NCc1cccc(Br)c1. The van der Waals surface area contributed by atoms with Gasteiger partial charge in [0.1, 0.15) is 5.69 Å². The molecule has 1 N–H and O–H groups in total. The number of halogens is 1. The standard InChI is InChI=1S/C14H15BrN2O/c1-2-17-8-4-7-13(17)14(18)16-10-11-5-3-6-12(15)9-11/h3-9H,2,10H2,1H3,(H,16,18). The van der Waals surface area contributed by atoms with Gasteiger partial charge in [0, 0.05) is 23.8 Å². The van der Waals surface area contributed by atoms with E-state index in [9.17, 15) is 4.79 Å². The maximum absolute atomic E-state index is 12.0. The minimum atomic E-state index is -0.0400. The molecular weight excluding hydrogens is 292 g/mol. The Morgan fingerprint density at radius 1 is 1.33 bits per heavy atom. The monoisotopic (exact) mass is 306 g/mol. The van der Waals surface area contributed by atoms with Crippen LogP contribution in [0.5, 0.6) is 0 Å². The number of aromatic nitrogens is 1. The highest BCUT2D eigenvalue weighted by Crippen LogP contribution is 2.11. The first kappa shape index (κ1) is 12.9. The lowest BCUT2D eigenvalue weighted by atomic mass is 10.2. The van der Waals surface area contributed by atoms with Crippen molar-refractivity contribution < 1.29 is 4.79 Å². The molecule has 1 amide bonds. The van der Waals surface area contributed by atoms with Gasteiger partial charge in [-0.05, 0) is 36.8 Å². The van der Waals surface area contributed by atoms with Crippen molar-refractivity contribution in [3.8, 4) is 0 Å². The van der Waals surface area contributed by atoms with Crippen LogP contribution in [0.2, 0.25) is 0 Å². The number of benzene rings is 1. The molecule has 2 aromatic rings. The molecule has 0 fully saturated rings. The van der Waals surface area contributed by atoms with Crippen molar-refractivity contribution in [3.05, 3.63) is 58.3 Å². The van der Waals surface area contributed by atoms with E-state index in [0.717, 1.165) is 16.6 Å². The van der Waals surface area contributed by atoms with Crippen LogP contribution in [0, 0.1) is 0 Å². The highest BCUT2D eigenvalue weighted by molar-refractivity contribution is 9.10. The summed E-state index contributed by atoms with van der Waals surface area (Å²) in [6.45, 7) is 3.35. The van der Waals surface area contributed by atoms with Crippen molar-refractivity contribution in [3.63, 3.8) is 0 Å². The number of nitrogens with one attached hydrogen (secondary N) is 1. The van der Waals surface area contributed by atoms with Crippen molar-refractivity contribution in [1.82, 2.24) is 9.88 Å². The molecule has 1 aromatic heterocycles. The molecule has 0 aliphatic heterocycles. The van der Waals surface area contributed by atoms with Gasteiger partial charge < -0.3 is 9.88 Å². The van der Waals surface area contributed by atoms with E-state index in [1.54, 1.807) is 0 Å². The molecule has 1 heterocycles. The molecule has 0 bridgehead atoms. The van der Waals surface area contributed by atoms with Crippen LogP contribution in [0.3, 0.4) is 0 Å². The topological polar surface area (TPSA) is 34.0 Å². The van der Waals surface area contributed by atoms with Crippen LogP contribution in [0.4, 0.5) is 0 Å². The molecule has 0 atom stereocenters. The summed E-state index contributed by atoms with van der Waals surface area (Å²) in [6.07, 6.45) is 1.91. The Kier molecular flexibility index (Phi) is 4.20. The van der Waals surface area contributed by atoms with Gasteiger partial charge in [0.25, 0.3) is 5.91 Å². The van der Waals surface area contributed by atoms with Crippen LogP contribution in [-0.2, 0) is 13.1 Å². The number of rotatable bonds is 4. The molecule has 4 heteroatoms. The second-order valence-corrected chi connectivity index (χ2v) is 4.91. The molecule has 0 aliphatic carbocycles. The highest BCUT2D eigenvalue weighted by atomic mass is 79.9. The second-order valence-electron chi connectivity index (χ2n) is 3.99. The third-order valence-electron chi connectivity index (χ3n) is 2.74. The fourth-order valence-electron chi connectivity index (χ4n) is 1.82. The first-order valence-electron chi connectivity index (χ1n) is 5.88. The average molecular weight is 307 g/mol. The van der Waals surface area contributed by atoms with Gasteiger partial charge in [-0.3, -0.25) is 4.79 Å². The van der Waals surface area contributed by atoms with Crippen LogP contribution in [0.25, 0.3) is 0 Å². The number of hydrogen-bond donors (Lipinski definition) is 1. The van der Waals surface area contributed by atoms with Crippen molar-refractivity contribution >= 4 is 21.8 Å².